The first-order chi connectivity index (χ1) is 9.87. The minimum absolute atomic E-state index is 0.191. The van der Waals surface area contributed by atoms with Crippen molar-refractivity contribution in [2.75, 3.05) is 26.7 Å². The average molecular weight is 308 g/mol. The Kier molecular flexibility index (Phi) is 5.54. The van der Waals surface area contributed by atoms with Gasteiger partial charge in [0.2, 0.25) is 0 Å². The van der Waals surface area contributed by atoms with Gasteiger partial charge in [-0.2, -0.15) is 13.2 Å². The van der Waals surface area contributed by atoms with Crippen molar-refractivity contribution in [2.45, 2.75) is 62.8 Å². The van der Waals surface area contributed by atoms with E-state index in [0.29, 0.717) is 19.4 Å². The second kappa shape index (κ2) is 6.84. The molecule has 1 atom stereocenters. The van der Waals surface area contributed by atoms with Crippen LogP contribution in [0.2, 0.25) is 0 Å². The molecule has 1 aliphatic carbocycles. The Morgan fingerprint density at radius 3 is 2.33 bits per heavy atom. The Hall–Kier alpha value is -0.330. The second-order valence-corrected chi connectivity index (χ2v) is 6.61. The minimum Gasteiger partial charge on any atom is -0.377 e. The third kappa shape index (κ3) is 4.11. The maximum atomic E-state index is 12.8. The molecule has 0 aromatic heterocycles. The lowest BCUT2D eigenvalue weighted by molar-refractivity contribution is -0.188. The molecule has 1 saturated carbocycles. The van der Waals surface area contributed by atoms with E-state index >= 15 is 0 Å². The zero-order valence-electron chi connectivity index (χ0n) is 12.8. The molecule has 1 aliphatic heterocycles. The van der Waals surface area contributed by atoms with Crippen LogP contribution in [-0.4, -0.2) is 49.5 Å². The summed E-state index contributed by atoms with van der Waals surface area (Å²) in [6.07, 6.45) is 0.885. The topological polar surface area (TPSA) is 38.5 Å². The molecule has 0 bridgehead atoms. The predicted molar refractivity (Wildman–Crippen MR) is 76.0 cm³/mol. The first-order valence-electron chi connectivity index (χ1n) is 7.97. The van der Waals surface area contributed by atoms with E-state index in [-0.39, 0.29) is 24.5 Å². The smallest absolute Gasteiger partial charge is 0.377 e. The summed E-state index contributed by atoms with van der Waals surface area (Å²) >= 11 is 0. The lowest BCUT2D eigenvalue weighted by Crippen LogP contribution is -2.57. The third-order valence-electron chi connectivity index (χ3n) is 5.32. The maximum absolute atomic E-state index is 12.8. The second-order valence-electron chi connectivity index (χ2n) is 6.61. The molecule has 1 unspecified atom stereocenters. The molecule has 0 aromatic carbocycles. The van der Waals surface area contributed by atoms with Gasteiger partial charge in [-0.15, -0.1) is 0 Å². The van der Waals surface area contributed by atoms with Crippen LogP contribution < -0.4 is 5.73 Å². The summed E-state index contributed by atoms with van der Waals surface area (Å²) in [5.74, 6) is -1.16. The molecular formula is C15H27F3N2O. The van der Waals surface area contributed by atoms with Gasteiger partial charge in [0, 0.05) is 25.2 Å². The average Bonchev–Trinajstić information content (AvgIpc) is 2.47. The Morgan fingerprint density at radius 2 is 1.86 bits per heavy atom. The molecule has 21 heavy (non-hydrogen) atoms. The highest BCUT2D eigenvalue weighted by Gasteiger charge is 2.46. The van der Waals surface area contributed by atoms with Gasteiger partial charge in [0.15, 0.2) is 0 Å². The zero-order chi connectivity index (χ0) is 15.5. The van der Waals surface area contributed by atoms with Crippen LogP contribution in [0.1, 0.15) is 44.9 Å². The third-order valence-corrected chi connectivity index (χ3v) is 5.32. The molecule has 124 valence electrons. The molecule has 0 radical (unpaired) electrons. The Labute approximate surface area is 125 Å². The Bertz CT molecular complexity index is 321. The van der Waals surface area contributed by atoms with Gasteiger partial charge < -0.3 is 10.5 Å². The lowest BCUT2D eigenvalue weighted by Gasteiger charge is -2.47. The van der Waals surface area contributed by atoms with E-state index in [1.165, 1.54) is 6.42 Å². The standard InChI is InChI=1S/C15H27F3N2O/c1-20(10-13-4-2-3-9-21-13)14(11-19)7-5-12(6-8-14)15(16,17)18/h12-13H,2-11,19H2,1H3. The summed E-state index contributed by atoms with van der Waals surface area (Å²) in [7, 11) is 1.98. The molecular weight excluding hydrogens is 281 g/mol. The van der Waals surface area contributed by atoms with Crippen LogP contribution in [-0.2, 0) is 4.74 Å². The summed E-state index contributed by atoms with van der Waals surface area (Å²) in [6.45, 7) is 1.99. The highest BCUT2D eigenvalue weighted by molar-refractivity contribution is 4.96. The molecule has 0 amide bonds. The van der Waals surface area contributed by atoms with Crippen LogP contribution in [0.25, 0.3) is 0 Å². The fraction of sp³-hybridized carbons (Fsp3) is 1.00. The van der Waals surface area contributed by atoms with Crippen molar-refractivity contribution in [1.82, 2.24) is 4.90 Å². The van der Waals surface area contributed by atoms with Crippen LogP contribution in [0.5, 0.6) is 0 Å². The summed E-state index contributed by atoms with van der Waals surface area (Å²) < 4.78 is 44.2. The van der Waals surface area contributed by atoms with Gasteiger partial charge in [0.05, 0.1) is 12.0 Å². The highest BCUT2D eigenvalue weighted by atomic mass is 19.4. The van der Waals surface area contributed by atoms with Crippen LogP contribution >= 0.6 is 0 Å². The first kappa shape index (κ1) is 17.0. The fourth-order valence-electron chi connectivity index (χ4n) is 3.67. The number of alkyl halides is 3. The van der Waals surface area contributed by atoms with Crippen LogP contribution in [0.4, 0.5) is 13.2 Å². The molecule has 1 saturated heterocycles. The number of rotatable bonds is 4. The maximum Gasteiger partial charge on any atom is 0.391 e. The van der Waals surface area contributed by atoms with Gasteiger partial charge in [0.1, 0.15) is 0 Å². The number of nitrogens with two attached hydrogens (primary N) is 1. The largest absolute Gasteiger partial charge is 0.391 e. The van der Waals surface area contributed by atoms with Crippen molar-refractivity contribution in [3.63, 3.8) is 0 Å². The first-order valence-corrected chi connectivity index (χ1v) is 7.97. The molecule has 0 aromatic rings. The molecule has 3 nitrogen and oxygen atoms in total. The van der Waals surface area contributed by atoms with Crippen LogP contribution in [0.15, 0.2) is 0 Å². The zero-order valence-corrected chi connectivity index (χ0v) is 12.8. The van der Waals surface area contributed by atoms with Gasteiger partial charge in [-0.1, -0.05) is 0 Å². The molecule has 0 spiro atoms. The summed E-state index contributed by atoms with van der Waals surface area (Å²) in [5, 5.41) is 0. The molecule has 2 fully saturated rings. The van der Waals surface area contributed by atoms with E-state index in [0.717, 1.165) is 26.0 Å². The van der Waals surface area contributed by atoms with Crippen molar-refractivity contribution >= 4 is 0 Å². The van der Waals surface area contributed by atoms with Gasteiger partial charge >= 0.3 is 6.18 Å². The quantitative estimate of drug-likeness (QED) is 0.868. The predicted octanol–water partition coefficient (Wildman–Crippen LogP) is 2.94. The lowest BCUT2D eigenvalue weighted by atomic mass is 9.75. The van der Waals surface area contributed by atoms with E-state index in [9.17, 15) is 13.2 Å². The van der Waals surface area contributed by atoms with E-state index in [1.54, 1.807) is 0 Å². The number of hydrogen-bond acceptors (Lipinski definition) is 3. The van der Waals surface area contributed by atoms with Crippen molar-refractivity contribution in [3.05, 3.63) is 0 Å². The van der Waals surface area contributed by atoms with Crippen LogP contribution in [0, 0.1) is 5.92 Å². The normalized spacial score (nSPS) is 35.1. The van der Waals surface area contributed by atoms with Gasteiger partial charge in [0.25, 0.3) is 0 Å². The summed E-state index contributed by atoms with van der Waals surface area (Å²) in [4.78, 5) is 2.16. The van der Waals surface area contributed by atoms with Gasteiger partial charge in [-0.25, -0.2) is 0 Å². The van der Waals surface area contributed by atoms with E-state index in [1.807, 2.05) is 7.05 Å². The Balaban J connectivity index is 1.92. The van der Waals surface area contributed by atoms with Crippen molar-refractivity contribution in [3.8, 4) is 0 Å². The van der Waals surface area contributed by atoms with Crippen molar-refractivity contribution in [2.24, 2.45) is 11.7 Å². The van der Waals surface area contributed by atoms with Crippen LogP contribution in [0.3, 0.4) is 0 Å². The Morgan fingerprint density at radius 1 is 1.19 bits per heavy atom. The van der Waals surface area contributed by atoms with E-state index in [2.05, 4.69) is 4.90 Å². The number of halogens is 3. The molecule has 2 aliphatic rings. The molecule has 2 N–H and O–H groups in total. The summed E-state index contributed by atoms with van der Waals surface area (Å²) in [5.41, 5.74) is 5.65. The van der Waals surface area contributed by atoms with Gasteiger partial charge in [-0.3, -0.25) is 4.90 Å². The van der Waals surface area contributed by atoms with E-state index in [4.69, 9.17) is 10.5 Å². The highest BCUT2D eigenvalue weighted by Crippen LogP contribution is 2.42. The van der Waals surface area contributed by atoms with Crippen molar-refractivity contribution in [1.29, 1.82) is 0 Å². The van der Waals surface area contributed by atoms with E-state index < -0.39 is 12.1 Å². The number of nitrogens with zero attached hydrogens (tertiary/aromatic N) is 1. The molecule has 2 rings (SSSR count). The SMILES string of the molecule is CN(CC1CCCCO1)C1(CN)CCC(C(F)(F)F)CC1. The molecule has 1 heterocycles. The monoisotopic (exact) mass is 308 g/mol. The molecule has 6 heteroatoms. The number of hydrogen-bond donors (Lipinski definition) is 1. The van der Waals surface area contributed by atoms with Gasteiger partial charge in [-0.05, 0) is 52.0 Å². The van der Waals surface area contributed by atoms with Crippen molar-refractivity contribution < 1.29 is 17.9 Å². The number of likely N-dealkylation sites (N-methyl/N-ethyl adjacent to an activating group) is 1. The fourth-order valence-corrected chi connectivity index (χ4v) is 3.67. The minimum atomic E-state index is -4.06. The number of ether oxygens (including phenoxy) is 1. The summed E-state index contributed by atoms with van der Waals surface area (Å²) in [6, 6.07) is 0.